The molecule has 0 saturated carbocycles. The summed E-state index contributed by atoms with van der Waals surface area (Å²) in [5.41, 5.74) is 0.125. The van der Waals surface area contributed by atoms with E-state index in [4.69, 9.17) is 9.47 Å². The monoisotopic (exact) mass is 299 g/mol. The summed E-state index contributed by atoms with van der Waals surface area (Å²) in [4.78, 5) is 14.3. The Balaban J connectivity index is 1.63. The van der Waals surface area contributed by atoms with Gasteiger partial charge in [-0.2, -0.15) is 11.8 Å². The first kappa shape index (κ1) is 14.7. The zero-order chi connectivity index (χ0) is 14.2. The van der Waals surface area contributed by atoms with Crippen molar-refractivity contribution in [2.24, 2.45) is 11.8 Å². The molecule has 4 unspecified atom stereocenters. The first-order valence-corrected chi connectivity index (χ1v) is 8.83. The average Bonchev–Trinajstić information content (AvgIpc) is 3.05. The molecule has 4 atom stereocenters. The highest BCUT2D eigenvalue weighted by molar-refractivity contribution is 7.99. The van der Waals surface area contributed by atoms with Gasteiger partial charge in [0.15, 0.2) is 0 Å². The number of hydrogen-bond acceptors (Lipinski definition) is 5. The molecule has 0 amide bonds. The summed E-state index contributed by atoms with van der Waals surface area (Å²) in [6.45, 7) is 4.93. The van der Waals surface area contributed by atoms with Crippen LogP contribution in [0.5, 0.6) is 0 Å². The SMILES string of the molecule is COC(=O)C1CN(C2CCOC3(CCSC3)C2)CC1C. The van der Waals surface area contributed by atoms with Crippen LogP contribution in [0.1, 0.15) is 26.2 Å². The molecule has 0 aromatic carbocycles. The maximum absolute atomic E-state index is 11.8. The quantitative estimate of drug-likeness (QED) is 0.727. The number of ether oxygens (including phenoxy) is 2. The highest BCUT2D eigenvalue weighted by Gasteiger charge is 2.45. The Bertz CT molecular complexity index is 370. The minimum absolute atomic E-state index is 0.0433. The molecule has 3 rings (SSSR count). The largest absolute Gasteiger partial charge is 0.469 e. The second kappa shape index (κ2) is 5.85. The lowest BCUT2D eigenvalue weighted by molar-refractivity contribution is -0.146. The maximum Gasteiger partial charge on any atom is 0.310 e. The second-order valence-electron chi connectivity index (χ2n) is 6.54. The van der Waals surface area contributed by atoms with Gasteiger partial charge in [0.1, 0.15) is 0 Å². The van der Waals surface area contributed by atoms with Gasteiger partial charge in [0.05, 0.1) is 18.6 Å². The predicted octanol–water partition coefficient (Wildman–Crippen LogP) is 1.78. The molecule has 0 aliphatic carbocycles. The number of likely N-dealkylation sites (tertiary alicyclic amines) is 1. The van der Waals surface area contributed by atoms with Gasteiger partial charge in [-0.25, -0.2) is 0 Å². The molecule has 5 heteroatoms. The fourth-order valence-electron chi connectivity index (χ4n) is 3.94. The Hall–Kier alpha value is -0.260. The molecule has 3 aliphatic rings. The van der Waals surface area contributed by atoms with Crippen molar-refractivity contribution in [1.29, 1.82) is 0 Å². The van der Waals surface area contributed by atoms with Crippen LogP contribution in [0.15, 0.2) is 0 Å². The van der Waals surface area contributed by atoms with Crippen molar-refractivity contribution in [1.82, 2.24) is 4.90 Å². The molecule has 3 saturated heterocycles. The fraction of sp³-hybridized carbons (Fsp3) is 0.933. The zero-order valence-corrected chi connectivity index (χ0v) is 13.3. The maximum atomic E-state index is 11.8. The molecule has 0 radical (unpaired) electrons. The standard InChI is InChI=1S/C15H25NO3S/c1-11-8-16(9-13(11)14(17)18-2)12-3-5-19-15(7-12)4-6-20-10-15/h11-13H,3-10H2,1-2H3. The van der Waals surface area contributed by atoms with E-state index in [2.05, 4.69) is 11.8 Å². The topological polar surface area (TPSA) is 38.8 Å². The predicted molar refractivity (Wildman–Crippen MR) is 79.9 cm³/mol. The van der Waals surface area contributed by atoms with Crippen LogP contribution >= 0.6 is 11.8 Å². The van der Waals surface area contributed by atoms with Crippen molar-refractivity contribution in [2.45, 2.75) is 37.8 Å². The Morgan fingerprint density at radius 3 is 3.00 bits per heavy atom. The van der Waals surface area contributed by atoms with Gasteiger partial charge in [-0.15, -0.1) is 0 Å². The lowest BCUT2D eigenvalue weighted by Crippen LogP contribution is -2.48. The number of carbonyl (C=O) groups is 1. The lowest BCUT2D eigenvalue weighted by Gasteiger charge is -2.41. The number of esters is 1. The van der Waals surface area contributed by atoms with Crippen LogP contribution < -0.4 is 0 Å². The number of nitrogens with zero attached hydrogens (tertiary/aromatic N) is 1. The van der Waals surface area contributed by atoms with Crippen LogP contribution in [-0.4, -0.2) is 60.8 Å². The number of thioether (sulfide) groups is 1. The van der Waals surface area contributed by atoms with E-state index < -0.39 is 0 Å². The molecule has 3 heterocycles. The van der Waals surface area contributed by atoms with Crippen molar-refractivity contribution in [3.05, 3.63) is 0 Å². The van der Waals surface area contributed by atoms with Crippen molar-refractivity contribution in [3.63, 3.8) is 0 Å². The molecule has 4 nitrogen and oxygen atoms in total. The Morgan fingerprint density at radius 1 is 1.45 bits per heavy atom. The van der Waals surface area contributed by atoms with E-state index in [9.17, 15) is 4.79 Å². The average molecular weight is 299 g/mol. The van der Waals surface area contributed by atoms with Crippen LogP contribution in [0.25, 0.3) is 0 Å². The molecular weight excluding hydrogens is 274 g/mol. The first-order valence-electron chi connectivity index (χ1n) is 7.67. The van der Waals surface area contributed by atoms with Gasteiger partial charge >= 0.3 is 5.97 Å². The van der Waals surface area contributed by atoms with Crippen molar-refractivity contribution < 1.29 is 14.3 Å². The second-order valence-corrected chi connectivity index (χ2v) is 7.65. The van der Waals surface area contributed by atoms with Gasteiger partial charge < -0.3 is 9.47 Å². The Morgan fingerprint density at radius 2 is 2.30 bits per heavy atom. The fourth-order valence-corrected chi connectivity index (χ4v) is 5.32. The van der Waals surface area contributed by atoms with Crippen LogP contribution in [0.4, 0.5) is 0 Å². The van der Waals surface area contributed by atoms with E-state index in [1.807, 2.05) is 11.8 Å². The van der Waals surface area contributed by atoms with Gasteiger partial charge in [0, 0.05) is 31.5 Å². The van der Waals surface area contributed by atoms with Gasteiger partial charge in [-0.05, 0) is 30.9 Å². The van der Waals surface area contributed by atoms with Crippen molar-refractivity contribution in [3.8, 4) is 0 Å². The van der Waals surface area contributed by atoms with E-state index >= 15 is 0 Å². The number of methoxy groups -OCH3 is 1. The third kappa shape index (κ3) is 2.72. The van der Waals surface area contributed by atoms with E-state index in [0.29, 0.717) is 12.0 Å². The third-order valence-corrected chi connectivity index (χ3v) is 6.42. The zero-order valence-electron chi connectivity index (χ0n) is 12.5. The molecule has 0 N–H and O–H groups in total. The summed E-state index contributed by atoms with van der Waals surface area (Å²) >= 11 is 2.02. The minimum Gasteiger partial charge on any atom is -0.469 e. The molecule has 0 aromatic rings. The van der Waals surface area contributed by atoms with E-state index in [-0.39, 0.29) is 17.5 Å². The summed E-state index contributed by atoms with van der Waals surface area (Å²) in [6.07, 6.45) is 3.44. The summed E-state index contributed by atoms with van der Waals surface area (Å²) in [5.74, 6) is 2.79. The molecule has 3 fully saturated rings. The summed E-state index contributed by atoms with van der Waals surface area (Å²) < 4.78 is 11.0. The van der Waals surface area contributed by atoms with E-state index in [0.717, 1.165) is 38.3 Å². The molecular formula is C15H25NO3S. The van der Waals surface area contributed by atoms with Gasteiger partial charge in [0.2, 0.25) is 0 Å². The lowest BCUT2D eigenvalue weighted by atomic mass is 9.89. The van der Waals surface area contributed by atoms with E-state index in [1.165, 1.54) is 19.3 Å². The molecule has 0 bridgehead atoms. The smallest absolute Gasteiger partial charge is 0.310 e. The molecule has 20 heavy (non-hydrogen) atoms. The number of rotatable bonds is 2. The highest BCUT2D eigenvalue weighted by Crippen LogP contribution is 2.41. The summed E-state index contributed by atoms with van der Waals surface area (Å²) in [7, 11) is 1.50. The van der Waals surface area contributed by atoms with Gasteiger partial charge in [0.25, 0.3) is 0 Å². The highest BCUT2D eigenvalue weighted by atomic mass is 32.2. The van der Waals surface area contributed by atoms with Gasteiger partial charge in [-0.3, -0.25) is 9.69 Å². The molecule has 1 spiro atoms. The van der Waals surface area contributed by atoms with Crippen molar-refractivity contribution >= 4 is 17.7 Å². The number of hydrogen-bond donors (Lipinski definition) is 0. The van der Waals surface area contributed by atoms with Crippen LogP contribution in [0.2, 0.25) is 0 Å². The molecule has 0 aromatic heterocycles. The molecule has 3 aliphatic heterocycles. The third-order valence-electron chi connectivity index (χ3n) is 5.19. The molecule has 114 valence electrons. The summed E-state index contributed by atoms with van der Waals surface area (Å²) in [6, 6.07) is 0.583. The Labute approximate surface area is 125 Å². The minimum atomic E-state index is -0.0433. The Kier molecular flexibility index (Phi) is 4.29. The number of carbonyl (C=O) groups excluding carboxylic acids is 1. The van der Waals surface area contributed by atoms with Crippen LogP contribution in [0.3, 0.4) is 0 Å². The first-order chi connectivity index (χ1) is 9.63. The van der Waals surface area contributed by atoms with Gasteiger partial charge in [-0.1, -0.05) is 6.92 Å². The van der Waals surface area contributed by atoms with Crippen molar-refractivity contribution in [2.75, 3.05) is 38.3 Å². The van der Waals surface area contributed by atoms with Crippen LogP contribution in [0, 0.1) is 11.8 Å². The van der Waals surface area contributed by atoms with E-state index in [1.54, 1.807) is 0 Å². The summed E-state index contributed by atoms with van der Waals surface area (Å²) in [5, 5.41) is 0. The van der Waals surface area contributed by atoms with Crippen LogP contribution in [-0.2, 0) is 14.3 Å². The normalized spacial score (nSPS) is 42.2.